The molecule has 1 aromatic rings. The van der Waals surface area contributed by atoms with Crippen LogP contribution in [0.2, 0.25) is 0 Å². The highest BCUT2D eigenvalue weighted by molar-refractivity contribution is 7.11. The van der Waals surface area contributed by atoms with Crippen LogP contribution < -0.4 is 5.32 Å². The molecule has 3 nitrogen and oxygen atoms in total. The summed E-state index contributed by atoms with van der Waals surface area (Å²) in [5.41, 5.74) is -0.0826. The van der Waals surface area contributed by atoms with Crippen LogP contribution in [0.15, 0.2) is 6.20 Å². The smallest absolute Gasteiger partial charge is 0.125 e. The largest absolute Gasteiger partial charge is 0.371 e. The summed E-state index contributed by atoms with van der Waals surface area (Å²) >= 11 is 1.83. The maximum Gasteiger partial charge on any atom is 0.125 e. The Balaban J connectivity index is 1.69. The van der Waals surface area contributed by atoms with Gasteiger partial charge in [-0.3, -0.25) is 0 Å². The summed E-state index contributed by atoms with van der Waals surface area (Å²) in [4.78, 5) is 5.98. The lowest BCUT2D eigenvalue weighted by Crippen LogP contribution is -2.30. The van der Waals surface area contributed by atoms with Gasteiger partial charge in [0.1, 0.15) is 10.6 Å². The zero-order valence-corrected chi connectivity index (χ0v) is 11.9. The standard InChI is InChI=1S/C14H22N2OS/c1-17-14(7-3-2-4-8-14)13-16-10-12(18-13)9-15-11-5-6-11/h10-11,15H,2-9H2,1H3. The molecule has 2 saturated carbocycles. The molecule has 18 heavy (non-hydrogen) atoms. The lowest BCUT2D eigenvalue weighted by molar-refractivity contribution is -0.0446. The third kappa shape index (κ3) is 2.60. The fraction of sp³-hybridized carbons (Fsp3) is 0.786. The Hall–Kier alpha value is -0.450. The number of nitrogens with zero attached hydrogens (tertiary/aromatic N) is 1. The molecule has 0 radical (unpaired) electrons. The van der Waals surface area contributed by atoms with E-state index in [1.54, 1.807) is 0 Å². The number of methoxy groups -OCH3 is 1. The maximum atomic E-state index is 5.84. The summed E-state index contributed by atoms with van der Waals surface area (Å²) in [7, 11) is 1.84. The molecule has 3 rings (SSSR count). The van der Waals surface area contributed by atoms with E-state index in [4.69, 9.17) is 4.74 Å². The molecular weight excluding hydrogens is 244 g/mol. The molecule has 4 heteroatoms. The first-order valence-corrected chi connectivity index (χ1v) is 7.88. The van der Waals surface area contributed by atoms with E-state index in [1.807, 2.05) is 24.6 Å². The van der Waals surface area contributed by atoms with E-state index in [1.165, 1.54) is 42.0 Å². The number of hydrogen-bond donors (Lipinski definition) is 1. The second-order valence-electron chi connectivity index (χ2n) is 5.55. The molecule has 0 unspecified atom stereocenters. The maximum absolute atomic E-state index is 5.84. The Morgan fingerprint density at radius 3 is 2.83 bits per heavy atom. The van der Waals surface area contributed by atoms with Crippen molar-refractivity contribution in [2.75, 3.05) is 7.11 Å². The predicted molar refractivity (Wildman–Crippen MR) is 73.7 cm³/mol. The van der Waals surface area contributed by atoms with Crippen LogP contribution in [0.1, 0.15) is 54.8 Å². The lowest BCUT2D eigenvalue weighted by atomic mass is 9.85. The fourth-order valence-electron chi connectivity index (χ4n) is 2.76. The number of thiazole rings is 1. The Labute approximate surface area is 113 Å². The van der Waals surface area contributed by atoms with E-state index in [2.05, 4.69) is 10.3 Å². The van der Waals surface area contributed by atoms with Gasteiger partial charge in [0.2, 0.25) is 0 Å². The molecule has 0 atom stereocenters. The van der Waals surface area contributed by atoms with Crippen molar-refractivity contribution in [1.29, 1.82) is 0 Å². The highest BCUT2D eigenvalue weighted by atomic mass is 32.1. The molecule has 0 saturated heterocycles. The van der Waals surface area contributed by atoms with Gasteiger partial charge < -0.3 is 10.1 Å². The average Bonchev–Trinajstić information content (AvgIpc) is 3.14. The fourth-order valence-corrected chi connectivity index (χ4v) is 3.85. The Morgan fingerprint density at radius 1 is 1.39 bits per heavy atom. The first-order valence-electron chi connectivity index (χ1n) is 7.06. The van der Waals surface area contributed by atoms with E-state index >= 15 is 0 Å². The number of hydrogen-bond acceptors (Lipinski definition) is 4. The van der Waals surface area contributed by atoms with Crippen molar-refractivity contribution in [2.24, 2.45) is 0 Å². The third-order valence-corrected chi connectivity index (χ3v) is 5.32. The van der Waals surface area contributed by atoms with Crippen molar-refractivity contribution in [2.45, 2.75) is 63.1 Å². The molecule has 0 amide bonds. The molecule has 1 aromatic heterocycles. The van der Waals surface area contributed by atoms with E-state index < -0.39 is 0 Å². The van der Waals surface area contributed by atoms with Crippen LogP contribution in [-0.4, -0.2) is 18.1 Å². The molecule has 0 spiro atoms. The second kappa shape index (κ2) is 5.27. The summed E-state index contributed by atoms with van der Waals surface area (Å²) in [6.07, 6.45) is 10.9. The highest BCUT2D eigenvalue weighted by Gasteiger charge is 2.36. The van der Waals surface area contributed by atoms with Gasteiger partial charge in [-0.25, -0.2) is 4.98 Å². The van der Waals surface area contributed by atoms with E-state index in [0.29, 0.717) is 0 Å². The van der Waals surface area contributed by atoms with Gasteiger partial charge >= 0.3 is 0 Å². The Morgan fingerprint density at radius 2 is 2.17 bits per heavy atom. The Bertz CT molecular complexity index is 394. The van der Waals surface area contributed by atoms with Crippen LogP contribution in [0.4, 0.5) is 0 Å². The minimum Gasteiger partial charge on any atom is -0.371 e. The third-order valence-electron chi connectivity index (χ3n) is 4.14. The zero-order valence-electron chi connectivity index (χ0n) is 11.1. The predicted octanol–water partition coefficient (Wildman–Crippen LogP) is 3.20. The molecular formula is C14H22N2OS. The van der Waals surface area contributed by atoms with Gasteiger partial charge in [-0.1, -0.05) is 19.3 Å². The van der Waals surface area contributed by atoms with E-state index in [0.717, 1.165) is 25.4 Å². The topological polar surface area (TPSA) is 34.1 Å². The van der Waals surface area contributed by atoms with Crippen molar-refractivity contribution in [1.82, 2.24) is 10.3 Å². The van der Waals surface area contributed by atoms with Gasteiger partial charge in [0.15, 0.2) is 0 Å². The zero-order chi connectivity index (χ0) is 12.4. The normalized spacial score (nSPS) is 23.2. The van der Waals surface area contributed by atoms with Crippen molar-refractivity contribution >= 4 is 11.3 Å². The number of ether oxygens (including phenoxy) is 1. The van der Waals surface area contributed by atoms with E-state index in [9.17, 15) is 0 Å². The molecule has 0 aliphatic heterocycles. The summed E-state index contributed by atoms with van der Waals surface area (Å²) in [5, 5.41) is 4.74. The number of rotatable bonds is 5. The summed E-state index contributed by atoms with van der Waals surface area (Å²) < 4.78 is 5.84. The second-order valence-corrected chi connectivity index (χ2v) is 6.66. The van der Waals surface area contributed by atoms with Crippen molar-refractivity contribution in [3.8, 4) is 0 Å². The minimum absolute atomic E-state index is 0.0826. The van der Waals surface area contributed by atoms with Crippen molar-refractivity contribution in [3.05, 3.63) is 16.1 Å². The van der Waals surface area contributed by atoms with Gasteiger partial charge in [0, 0.05) is 30.8 Å². The SMILES string of the molecule is COC1(c2ncc(CNC3CC3)s2)CCCCC1. The van der Waals surface area contributed by atoms with Crippen LogP contribution in [0, 0.1) is 0 Å². The molecule has 0 aromatic carbocycles. The van der Waals surface area contributed by atoms with Gasteiger partial charge in [-0.15, -0.1) is 11.3 Å². The quantitative estimate of drug-likeness (QED) is 0.888. The van der Waals surface area contributed by atoms with Crippen LogP contribution in [-0.2, 0) is 16.9 Å². The number of aromatic nitrogens is 1. The summed E-state index contributed by atoms with van der Waals surface area (Å²) in [6, 6.07) is 0.765. The number of nitrogens with one attached hydrogen (secondary N) is 1. The van der Waals surface area contributed by atoms with Crippen molar-refractivity contribution < 1.29 is 4.74 Å². The molecule has 2 aliphatic rings. The molecule has 1 heterocycles. The molecule has 0 bridgehead atoms. The first kappa shape index (κ1) is 12.6. The minimum atomic E-state index is -0.0826. The van der Waals surface area contributed by atoms with Gasteiger partial charge in [0.25, 0.3) is 0 Å². The molecule has 2 fully saturated rings. The van der Waals surface area contributed by atoms with E-state index in [-0.39, 0.29) is 5.60 Å². The lowest BCUT2D eigenvalue weighted by Gasteiger charge is -2.34. The van der Waals surface area contributed by atoms with Gasteiger partial charge in [-0.2, -0.15) is 0 Å². The van der Waals surface area contributed by atoms with Gasteiger partial charge in [0.05, 0.1) is 0 Å². The van der Waals surface area contributed by atoms with Gasteiger partial charge in [-0.05, 0) is 25.7 Å². The highest BCUT2D eigenvalue weighted by Crippen LogP contribution is 2.41. The first-order chi connectivity index (χ1) is 8.82. The summed E-state index contributed by atoms with van der Waals surface area (Å²) in [5.74, 6) is 0. The molecule has 2 aliphatic carbocycles. The average molecular weight is 266 g/mol. The van der Waals surface area contributed by atoms with Crippen LogP contribution in [0.5, 0.6) is 0 Å². The van der Waals surface area contributed by atoms with Crippen LogP contribution in [0.25, 0.3) is 0 Å². The van der Waals surface area contributed by atoms with Crippen LogP contribution in [0.3, 0.4) is 0 Å². The van der Waals surface area contributed by atoms with Crippen molar-refractivity contribution in [3.63, 3.8) is 0 Å². The summed E-state index contributed by atoms with van der Waals surface area (Å²) in [6.45, 7) is 0.974. The Kier molecular flexibility index (Phi) is 3.68. The van der Waals surface area contributed by atoms with Crippen LogP contribution >= 0.6 is 11.3 Å². The molecule has 1 N–H and O–H groups in total. The monoisotopic (exact) mass is 266 g/mol. The molecule has 100 valence electrons.